The number of hydrogen-bond donors (Lipinski definition) is 0. The molecule has 126 valence electrons. The highest BCUT2D eigenvalue weighted by Gasteiger charge is 2.45. The second-order valence-corrected chi connectivity index (χ2v) is 7.19. The summed E-state index contributed by atoms with van der Waals surface area (Å²) in [7, 11) is 0. The third-order valence-electron chi connectivity index (χ3n) is 6.00. The summed E-state index contributed by atoms with van der Waals surface area (Å²) in [5, 5.41) is 0. The van der Waals surface area contributed by atoms with Gasteiger partial charge in [-0.3, -0.25) is 0 Å². The Hall–Kier alpha value is -1.90. The highest BCUT2D eigenvalue weighted by atomic mass is 15.2. The normalized spacial score (nSPS) is 21.6. The molecule has 3 heteroatoms. The maximum atomic E-state index is 5.02. The Balaban J connectivity index is 1.94. The summed E-state index contributed by atoms with van der Waals surface area (Å²) in [6.07, 6.45) is 5.96. The summed E-state index contributed by atoms with van der Waals surface area (Å²) in [4.78, 5) is 12.3. The molecule has 3 nitrogen and oxygen atoms in total. The number of rotatable bonds is 3. The summed E-state index contributed by atoms with van der Waals surface area (Å²) in [5.41, 5.74) is 5.90. The first-order chi connectivity index (χ1) is 11.7. The van der Waals surface area contributed by atoms with Crippen LogP contribution in [0, 0.1) is 6.92 Å². The summed E-state index contributed by atoms with van der Waals surface area (Å²) in [5.74, 6) is 2.10. The first kappa shape index (κ1) is 15.6. The molecule has 1 aromatic carbocycles. The minimum Gasteiger partial charge on any atom is -0.357 e. The third kappa shape index (κ3) is 2.17. The van der Waals surface area contributed by atoms with Crippen molar-refractivity contribution < 1.29 is 0 Å². The Morgan fingerprint density at radius 3 is 2.62 bits per heavy atom. The number of anilines is 1. The van der Waals surface area contributed by atoms with Gasteiger partial charge in [0.2, 0.25) is 0 Å². The van der Waals surface area contributed by atoms with Crippen molar-refractivity contribution in [3.8, 4) is 0 Å². The Labute approximate surface area is 145 Å². The molecule has 2 aliphatic rings. The maximum Gasteiger partial charge on any atom is 0.135 e. The second kappa shape index (κ2) is 5.87. The van der Waals surface area contributed by atoms with Crippen LogP contribution in [-0.4, -0.2) is 23.1 Å². The van der Waals surface area contributed by atoms with E-state index in [0.29, 0.717) is 0 Å². The van der Waals surface area contributed by atoms with Crippen molar-refractivity contribution in [2.75, 3.05) is 18.0 Å². The Morgan fingerprint density at radius 2 is 1.83 bits per heavy atom. The van der Waals surface area contributed by atoms with Gasteiger partial charge in [0, 0.05) is 24.1 Å². The van der Waals surface area contributed by atoms with E-state index < -0.39 is 0 Å². The molecule has 1 aromatic heterocycles. The lowest BCUT2D eigenvalue weighted by Crippen LogP contribution is -2.34. The summed E-state index contributed by atoms with van der Waals surface area (Å²) in [6, 6.07) is 9.01. The van der Waals surface area contributed by atoms with E-state index in [1.165, 1.54) is 53.9 Å². The zero-order valence-electron chi connectivity index (χ0n) is 15.1. The van der Waals surface area contributed by atoms with E-state index in [9.17, 15) is 0 Å². The predicted octanol–water partition coefficient (Wildman–Crippen LogP) is 4.20. The van der Waals surface area contributed by atoms with Crippen LogP contribution in [-0.2, 0) is 18.3 Å². The molecule has 0 saturated carbocycles. The topological polar surface area (TPSA) is 29.0 Å². The molecule has 0 saturated heterocycles. The van der Waals surface area contributed by atoms with Gasteiger partial charge in [-0.2, -0.15) is 0 Å². The highest BCUT2D eigenvalue weighted by molar-refractivity contribution is 5.57. The van der Waals surface area contributed by atoms with E-state index in [1.807, 2.05) is 0 Å². The van der Waals surface area contributed by atoms with E-state index in [1.54, 1.807) is 0 Å². The summed E-state index contributed by atoms with van der Waals surface area (Å²) in [6.45, 7) is 8.50. The first-order valence-corrected chi connectivity index (χ1v) is 9.41. The van der Waals surface area contributed by atoms with Crippen LogP contribution in [0.1, 0.15) is 61.3 Å². The zero-order chi connectivity index (χ0) is 16.7. The number of aromatic nitrogens is 2. The average Bonchev–Trinajstić information content (AvgIpc) is 2.97. The van der Waals surface area contributed by atoms with Crippen molar-refractivity contribution in [2.45, 2.75) is 58.3 Å². The molecule has 1 atom stereocenters. The van der Waals surface area contributed by atoms with E-state index in [-0.39, 0.29) is 5.41 Å². The fourth-order valence-electron chi connectivity index (χ4n) is 4.87. The van der Waals surface area contributed by atoms with Gasteiger partial charge in [0.15, 0.2) is 0 Å². The van der Waals surface area contributed by atoms with E-state index in [4.69, 9.17) is 9.97 Å². The summed E-state index contributed by atoms with van der Waals surface area (Å²) < 4.78 is 0. The standard InChI is InChI=1S/C21H27N3/c1-4-24(5-2)20-17-10-8-13-21(19(17)22-15(3)23-20)14-12-16-9-6-7-11-18(16)21/h6-7,9,11H,4-5,8,10,12-14H2,1-3H3. The van der Waals surface area contributed by atoms with Crippen molar-refractivity contribution >= 4 is 5.82 Å². The minimum atomic E-state index is 0.125. The van der Waals surface area contributed by atoms with Gasteiger partial charge < -0.3 is 4.90 Å². The molecule has 0 radical (unpaired) electrons. The lowest BCUT2D eigenvalue weighted by Gasteiger charge is -2.38. The van der Waals surface area contributed by atoms with Crippen molar-refractivity contribution in [1.82, 2.24) is 9.97 Å². The molecular formula is C21H27N3. The lowest BCUT2D eigenvalue weighted by molar-refractivity contribution is 0.409. The van der Waals surface area contributed by atoms with Crippen LogP contribution < -0.4 is 4.90 Å². The van der Waals surface area contributed by atoms with Crippen LogP contribution in [0.5, 0.6) is 0 Å². The molecule has 1 spiro atoms. The van der Waals surface area contributed by atoms with Gasteiger partial charge in [0.1, 0.15) is 11.6 Å². The van der Waals surface area contributed by atoms with Crippen molar-refractivity contribution in [1.29, 1.82) is 0 Å². The number of aryl methyl sites for hydroxylation is 2. The number of benzene rings is 1. The molecule has 0 amide bonds. The van der Waals surface area contributed by atoms with Gasteiger partial charge >= 0.3 is 0 Å². The molecule has 24 heavy (non-hydrogen) atoms. The van der Waals surface area contributed by atoms with Crippen molar-refractivity contribution in [3.63, 3.8) is 0 Å². The average molecular weight is 321 g/mol. The zero-order valence-corrected chi connectivity index (χ0v) is 15.1. The largest absolute Gasteiger partial charge is 0.357 e. The van der Waals surface area contributed by atoms with E-state index in [0.717, 1.165) is 25.3 Å². The van der Waals surface area contributed by atoms with Gasteiger partial charge in [-0.05, 0) is 64.0 Å². The Morgan fingerprint density at radius 1 is 1.04 bits per heavy atom. The van der Waals surface area contributed by atoms with Gasteiger partial charge in [0.25, 0.3) is 0 Å². The van der Waals surface area contributed by atoms with Crippen molar-refractivity contribution in [2.24, 2.45) is 0 Å². The monoisotopic (exact) mass is 321 g/mol. The maximum absolute atomic E-state index is 5.02. The smallest absolute Gasteiger partial charge is 0.135 e. The minimum absolute atomic E-state index is 0.125. The Kier molecular flexibility index (Phi) is 3.82. The fourth-order valence-corrected chi connectivity index (χ4v) is 4.87. The van der Waals surface area contributed by atoms with E-state index >= 15 is 0 Å². The van der Waals surface area contributed by atoms with Crippen LogP contribution in [0.4, 0.5) is 5.82 Å². The molecule has 1 heterocycles. The lowest BCUT2D eigenvalue weighted by atomic mass is 9.69. The number of fused-ring (bicyclic) bond motifs is 4. The second-order valence-electron chi connectivity index (χ2n) is 7.19. The van der Waals surface area contributed by atoms with Crippen LogP contribution in [0.15, 0.2) is 24.3 Å². The van der Waals surface area contributed by atoms with Crippen LogP contribution in [0.3, 0.4) is 0 Å². The van der Waals surface area contributed by atoms with Crippen LogP contribution in [0.25, 0.3) is 0 Å². The molecule has 1 unspecified atom stereocenters. The Bertz CT molecular complexity index is 764. The first-order valence-electron chi connectivity index (χ1n) is 9.41. The van der Waals surface area contributed by atoms with Gasteiger partial charge in [-0.1, -0.05) is 24.3 Å². The molecule has 4 rings (SSSR count). The molecule has 2 aromatic rings. The fraction of sp³-hybridized carbons (Fsp3) is 0.524. The molecular weight excluding hydrogens is 294 g/mol. The predicted molar refractivity (Wildman–Crippen MR) is 98.8 cm³/mol. The van der Waals surface area contributed by atoms with Gasteiger partial charge in [-0.25, -0.2) is 9.97 Å². The molecule has 2 aliphatic carbocycles. The SMILES string of the molecule is CCN(CC)c1nc(C)nc2c1CCCC21CCc2ccccc21. The van der Waals surface area contributed by atoms with Crippen LogP contribution >= 0.6 is 0 Å². The molecule has 0 N–H and O–H groups in total. The molecule has 0 fully saturated rings. The number of nitrogens with zero attached hydrogens (tertiary/aromatic N) is 3. The van der Waals surface area contributed by atoms with E-state index in [2.05, 4.69) is 49.9 Å². The molecule has 0 aliphatic heterocycles. The van der Waals surface area contributed by atoms with Gasteiger partial charge in [-0.15, -0.1) is 0 Å². The highest BCUT2D eigenvalue weighted by Crippen LogP contribution is 2.51. The van der Waals surface area contributed by atoms with Crippen molar-refractivity contribution in [3.05, 3.63) is 52.5 Å². The summed E-state index contributed by atoms with van der Waals surface area (Å²) >= 11 is 0. The third-order valence-corrected chi connectivity index (χ3v) is 6.00. The van der Waals surface area contributed by atoms with Gasteiger partial charge in [0.05, 0.1) is 5.69 Å². The number of hydrogen-bond acceptors (Lipinski definition) is 3. The molecule has 0 bridgehead atoms. The quantitative estimate of drug-likeness (QED) is 0.848. The van der Waals surface area contributed by atoms with Crippen LogP contribution in [0.2, 0.25) is 0 Å².